The topological polar surface area (TPSA) is 59.1 Å². The summed E-state index contributed by atoms with van der Waals surface area (Å²) in [7, 11) is 1.81. The molecule has 29 heavy (non-hydrogen) atoms. The molecule has 7 nitrogen and oxygen atoms in total. The number of nitrogens with zero attached hydrogens (tertiary/aromatic N) is 4. The molecule has 3 aliphatic heterocycles. The molecule has 3 saturated heterocycles. The molecule has 1 N–H and O–H groups in total. The first-order valence-electron chi connectivity index (χ1n) is 10.7. The van der Waals surface area contributed by atoms with E-state index in [0.29, 0.717) is 12.5 Å². The Balaban J connectivity index is 1.62. The van der Waals surface area contributed by atoms with E-state index in [1.54, 1.807) is 11.9 Å². The smallest absolute Gasteiger partial charge is 0.327 e. The van der Waals surface area contributed by atoms with Gasteiger partial charge in [-0.2, -0.15) is 0 Å². The number of fused-ring (bicyclic) bond motifs is 3. The van der Waals surface area contributed by atoms with Crippen LogP contribution in [0.4, 0.5) is 10.5 Å². The molecule has 1 aromatic carbocycles. The third-order valence-electron chi connectivity index (χ3n) is 6.34. The summed E-state index contributed by atoms with van der Waals surface area (Å²) in [5, 5.41) is 3.59. The Bertz CT molecular complexity index is 790. The fourth-order valence-corrected chi connectivity index (χ4v) is 4.89. The lowest BCUT2D eigenvalue weighted by atomic mass is 10.1. The van der Waals surface area contributed by atoms with Crippen LogP contribution in [0, 0.1) is 19.8 Å². The number of urea groups is 1. The standard InChI is InChI=1S/C22H33N5O2/c1-14(2)7-10-27-20(28)18-19(24(5)22(27)29)23-21-25(8-6-9-26(18)21)17-12-15(3)11-16(4)13-17/h11-14,18-19,21,23H,6-10H2,1-5H3. The minimum Gasteiger partial charge on any atom is -0.343 e. The summed E-state index contributed by atoms with van der Waals surface area (Å²) < 4.78 is 0. The first-order valence-corrected chi connectivity index (χ1v) is 10.7. The fraction of sp³-hybridized carbons (Fsp3) is 0.636. The molecule has 158 valence electrons. The van der Waals surface area contributed by atoms with Crippen molar-refractivity contribution in [3.8, 4) is 0 Å². The normalized spacial score (nSPS) is 27.7. The molecule has 3 unspecified atom stereocenters. The van der Waals surface area contributed by atoms with Crippen molar-refractivity contribution in [3.05, 3.63) is 29.3 Å². The zero-order valence-electron chi connectivity index (χ0n) is 18.2. The zero-order chi connectivity index (χ0) is 20.9. The van der Waals surface area contributed by atoms with Crippen molar-refractivity contribution < 1.29 is 9.59 Å². The SMILES string of the molecule is Cc1cc(C)cc(N2CCCN3C4C(=O)N(CCC(C)C)C(=O)N(C)C4NC23)c1. The highest BCUT2D eigenvalue weighted by molar-refractivity contribution is 6.00. The number of benzene rings is 1. The second kappa shape index (κ2) is 7.61. The summed E-state index contributed by atoms with van der Waals surface area (Å²) in [6.45, 7) is 10.7. The number of nitrogens with one attached hydrogen (secondary N) is 1. The van der Waals surface area contributed by atoms with Crippen LogP contribution in [0.25, 0.3) is 0 Å². The van der Waals surface area contributed by atoms with E-state index in [9.17, 15) is 9.59 Å². The van der Waals surface area contributed by atoms with E-state index in [2.05, 4.69) is 61.0 Å². The number of rotatable bonds is 4. The summed E-state index contributed by atoms with van der Waals surface area (Å²) in [6, 6.07) is 6.05. The Labute approximate surface area is 173 Å². The number of aryl methyl sites for hydroxylation is 2. The lowest BCUT2D eigenvalue weighted by molar-refractivity contribution is -0.138. The molecule has 0 saturated carbocycles. The van der Waals surface area contributed by atoms with E-state index in [1.165, 1.54) is 21.7 Å². The van der Waals surface area contributed by atoms with Crippen molar-refractivity contribution in [1.29, 1.82) is 0 Å². The van der Waals surface area contributed by atoms with Gasteiger partial charge in [-0.25, -0.2) is 4.79 Å². The van der Waals surface area contributed by atoms with Gasteiger partial charge in [-0.3, -0.25) is 19.9 Å². The van der Waals surface area contributed by atoms with Gasteiger partial charge in [0.2, 0.25) is 0 Å². The van der Waals surface area contributed by atoms with E-state index in [-0.39, 0.29) is 30.4 Å². The van der Waals surface area contributed by atoms with Gasteiger partial charge in [0.05, 0.1) is 0 Å². The van der Waals surface area contributed by atoms with Gasteiger partial charge in [0.1, 0.15) is 18.5 Å². The molecular weight excluding hydrogens is 366 g/mol. The highest BCUT2D eigenvalue weighted by Crippen LogP contribution is 2.33. The zero-order valence-corrected chi connectivity index (χ0v) is 18.2. The number of likely N-dealkylation sites (N-methyl/N-ethyl adjacent to an activating group) is 1. The number of hydrogen-bond acceptors (Lipinski definition) is 5. The van der Waals surface area contributed by atoms with Crippen molar-refractivity contribution in [1.82, 2.24) is 20.0 Å². The second-order valence-corrected chi connectivity index (χ2v) is 9.13. The molecule has 3 atom stereocenters. The predicted octanol–water partition coefficient (Wildman–Crippen LogP) is 2.34. The van der Waals surface area contributed by atoms with Gasteiger partial charge < -0.3 is 9.80 Å². The average molecular weight is 400 g/mol. The third kappa shape index (κ3) is 3.51. The summed E-state index contributed by atoms with van der Waals surface area (Å²) in [4.78, 5) is 34.0. The van der Waals surface area contributed by atoms with Gasteiger partial charge in [-0.1, -0.05) is 19.9 Å². The number of carbonyl (C=O) groups excluding carboxylic acids is 2. The van der Waals surface area contributed by atoms with Crippen LogP contribution in [0.2, 0.25) is 0 Å². The molecule has 0 aromatic heterocycles. The summed E-state index contributed by atoms with van der Waals surface area (Å²) >= 11 is 0. The fourth-order valence-electron chi connectivity index (χ4n) is 4.89. The molecule has 3 aliphatic rings. The van der Waals surface area contributed by atoms with Crippen molar-refractivity contribution >= 4 is 17.6 Å². The Morgan fingerprint density at radius 2 is 1.79 bits per heavy atom. The van der Waals surface area contributed by atoms with E-state index in [0.717, 1.165) is 25.9 Å². The Kier molecular flexibility index (Phi) is 5.29. The number of amides is 3. The number of imide groups is 1. The number of hydrogen-bond donors (Lipinski definition) is 1. The van der Waals surface area contributed by atoms with Crippen LogP contribution in [0.1, 0.15) is 37.8 Å². The minimum absolute atomic E-state index is 0.0592. The van der Waals surface area contributed by atoms with E-state index >= 15 is 0 Å². The lowest BCUT2D eigenvalue weighted by Crippen LogP contribution is -2.66. The average Bonchev–Trinajstić information content (AvgIpc) is 3.05. The molecular formula is C22H33N5O2. The van der Waals surface area contributed by atoms with Gasteiger partial charge in [0.15, 0.2) is 0 Å². The van der Waals surface area contributed by atoms with Crippen LogP contribution >= 0.6 is 0 Å². The van der Waals surface area contributed by atoms with Crippen LogP contribution in [-0.2, 0) is 4.79 Å². The molecule has 3 fully saturated rings. The Morgan fingerprint density at radius 3 is 2.45 bits per heavy atom. The number of anilines is 1. The maximum Gasteiger partial charge on any atom is 0.327 e. The van der Waals surface area contributed by atoms with Crippen molar-refractivity contribution in [3.63, 3.8) is 0 Å². The largest absolute Gasteiger partial charge is 0.343 e. The van der Waals surface area contributed by atoms with Crippen molar-refractivity contribution in [2.45, 2.75) is 59.0 Å². The lowest BCUT2D eigenvalue weighted by Gasteiger charge is -2.44. The van der Waals surface area contributed by atoms with Gasteiger partial charge in [-0.05, 0) is 55.9 Å². The van der Waals surface area contributed by atoms with Gasteiger partial charge >= 0.3 is 6.03 Å². The van der Waals surface area contributed by atoms with Crippen LogP contribution in [0.5, 0.6) is 0 Å². The molecule has 0 spiro atoms. The Morgan fingerprint density at radius 1 is 1.10 bits per heavy atom. The maximum absolute atomic E-state index is 13.4. The minimum atomic E-state index is -0.330. The molecule has 3 heterocycles. The molecule has 7 heteroatoms. The monoisotopic (exact) mass is 399 g/mol. The second-order valence-electron chi connectivity index (χ2n) is 9.13. The van der Waals surface area contributed by atoms with E-state index < -0.39 is 0 Å². The molecule has 0 aliphatic carbocycles. The molecule has 4 rings (SSSR count). The highest BCUT2D eigenvalue weighted by Gasteiger charge is 2.55. The van der Waals surface area contributed by atoms with Crippen LogP contribution in [-0.4, -0.2) is 71.8 Å². The van der Waals surface area contributed by atoms with E-state index in [4.69, 9.17) is 0 Å². The van der Waals surface area contributed by atoms with Crippen LogP contribution in [0.3, 0.4) is 0 Å². The molecule has 1 aromatic rings. The maximum atomic E-state index is 13.4. The van der Waals surface area contributed by atoms with Gasteiger partial charge in [0.25, 0.3) is 5.91 Å². The molecule has 3 amide bonds. The summed E-state index contributed by atoms with van der Waals surface area (Å²) in [6.07, 6.45) is 1.45. The summed E-state index contributed by atoms with van der Waals surface area (Å²) in [5.74, 6) is 0.388. The molecule has 0 radical (unpaired) electrons. The predicted molar refractivity (Wildman–Crippen MR) is 113 cm³/mol. The van der Waals surface area contributed by atoms with Crippen molar-refractivity contribution in [2.75, 3.05) is 31.6 Å². The van der Waals surface area contributed by atoms with Crippen molar-refractivity contribution in [2.24, 2.45) is 5.92 Å². The van der Waals surface area contributed by atoms with Crippen LogP contribution < -0.4 is 10.2 Å². The first kappa shape index (κ1) is 20.2. The quantitative estimate of drug-likeness (QED) is 0.842. The Hall–Kier alpha value is -2.12. The van der Waals surface area contributed by atoms with E-state index in [1.807, 2.05) is 0 Å². The van der Waals surface area contributed by atoms with Gasteiger partial charge in [0, 0.05) is 32.4 Å². The highest BCUT2D eigenvalue weighted by atomic mass is 16.2. The first-order chi connectivity index (χ1) is 13.8. The number of carbonyl (C=O) groups is 2. The van der Waals surface area contributed by atoms with Crippen LogP contribution in [0.15, 0.2) is 18.2 Å². The third-order valence-corrected chi connectivity index (χ3v) is 6.34. The molecule has 0 bridgehead atoms. The van der Waals surface area contributed by atoms with Gasteiger partial charge in [-0.15, -0.1) is 0 Å². The summed E-state index contributed by atoms with van der Waals surface area (Å²) in [5.41, 5.74) is 3.63.